The highest BCUT2D eigenvalue weighted by Gasteiger charge is 2.04. The van der Waals surface area contributed by atoms with Crippen molar-refractivity contribution in [1.29, 1.82) is 0 Å². The van der Waals surface area contributed by atoms with Gasteiger partial charge in [0.15, 0.2) is 0 Å². The van der Waals surface area contributed by atoms with Gasteiger partial charge in [-0.25, -0.2) is 0 Å². The second kappa shape index (κ2) is 3.55. The van der Waals surface area contributed by atoms with Crippen molar-refractivity contribution in [3.8, 4) is 0 Å². The fourth-order valence-electron chi connectivity index (χ4n) is 0.948. The van der Waals surface area contributed by atoms with E-state index in [0.717, 1.165) is 5.69 Å². The third-order valence-corrected chi connectivity index (χ3v) is 3.74. The molecule has 60 valence electrons. The summed E-state index contributed by atoms with van der Waals surface area (Å²) >= 11 is 0. The van der Waals surface area contributed by atoms with Crippen molar-refractivity contribution in [2.45, 2.75) is 6.55 Å². The molecule has 1 rings (SSSR count). The van der Waals surface area contributed by atoms with Crippen LogP contribution in [0.1, 0.15) is 0 Å². The molecule has 1 unspecified atom stereocenters. The minimum atomic E-state index is -1.15. The van der Waals surface area contributed by atoms with E-state index in [4.69, 9.17) is 10.2 Å². The first-order chi connectivity index (χ1) is 5.24. The van der Waals surface area contributed by atoms with E-state index in [-0.39, 0.29) is 0 Å². The first-order valence-corrected chi connectivity index (χ1v) is 5.82. The van der Waals surface area contributed by atoms with Gasteiger partial charge in [0.2, 0.25) is 9.04 Å². The van der Waals surface area contributed by atoms with Crippen molar-refractivity contribution in [2.75, 3.05) is 12.8 Å². The van der Waals surface area contributed by atoms with E-state index in [1.54, 1.807) is 7.11 Å². The molecule has 0 saturated heterocycles. The molecule has 0 heterocycles. The molecule has 0 aromatic heterocycles. The van der Waals surface area contributed by atoms with Gasteiger partial charge in [-0.15, -0.1) is 0 Å². The zero-order chi connectivity index (χ0) is 8.27. The Kier molecular flexibility index (Phi) is 2.68. The van der Waals surface area contributed by atoms with Crippen LogP contribution in [0.2, 0.25) is 6.55 Å². The predicted molar refractivity (Wildman–Crippen MR) is 50.5 cm³/mol. The van der Waals surface area contributed by atoms with Crippen molar-refractivity contribution < 1.29 is 4.43 Å². The summed E-state index contributed by atoms with van der Waals surface area (Å²) in [5.41, 5.74) is 6.44. The maximum Gasteiger partial charge on any atom is 0.204 e. The quantitative estimate of drug-likeness (QED) is 0.513. The average Bonchev–Trinajstić information content (AvgIpc) is 2.03. The van der Waals surface area contributed by atoms with Crippen molar-refractivity contribution >= 4 is 19.9 Å². The van der Waals surface area contributed by atoms with Gasteiger partial charge in [-0.2, -0.15) is 0 Å². The van der Waals surface area contributed by atoms with Crippen LogP contribution >= 0.6 is 0 Å². The average molecular weight is 167 g/mol. The summed E-state index contributed by atoms with van der Waals surface area (Å²) in [6.07, 6.45) is 0. The summed E-state index contributed by atoms with van der Waals surface area (Å²) < 4.78 is 5.27. The van der Waals surface area contributed by atoms with Gasteiger partial charge in [-0.1, -0.05) is 12.1 Å². The van der Waals surface area contributed by atoms with Crippen LogP contribution in [-0.2, 0) is 4.43 Å². The molecule has 0 bridgehead atoms. The van der Waals surface area contributed by atoms with Crippen LogP contribution in [0, 0.1) is 0 Å². The molecule has 0 spiro atoms. The Morgan fingerprint density at radius 1 is 1.45 bits per heavy atom. The summed E-state index contributed by atoms with van der Waals surface area (Å²) in [7, 11) is 0.602. The zero-order valence-electron chi connectivity index (χ0n) is 6.87. The molecular formula is C8H13NOSi. The van der Waals surface area contributed by atoms with Gasteiger partial charge in [0.05, 0.1) is 0 Å². The normalized spacial score (nSPS) is 12.9. The molecule has 0 amide bonds. The van der Waals surface area contributed by atoms with E-state index in [1.807, 2.05) is 18.2 Å². The molecule has 3 heteroatoms. The molecule has 1 aromatic rings. The van der Waals surface area contributed by atoms with Crippen LogP contribution in [-0.4, -0.2) is 16.2 Å². The van der Waals surface area contributed by atoms with Crippen LogP contribution in [0.4, 0.5) is 5.69 Å². The molecule has 0 aliphatic carbocycles. The molecule has 1 atom stereocenters. The number of rotatable bonds is 2. The first-order valence-electron chi connectivity index (χ1n) is 3.62. The lowest BCUT2D eigenvalue weighted by atomic mass is 10.3. The Balaban J connectivity index is 2.86. The summed E-state index contributed by atoms with van der Waals surface area (Å²) in [6.45, 7) is 2.13. The highest BCUT2D eigenvalue weighted by molar-refractivity contribution is 6.66. The number of hydrogen-bond donors (Lipinski definition) is 1. The van der Waals surface area contributed by atoms with Gasteiger partial charge in [-0.05, 0) is 23.9 Å². The SMILES string of the molecule is CO[SiH](C)c1cccc(N)c1. The van der Waals surface area contributed by atoms with Crippen LogP contribution in [0.15, 0.2) is 24.3 Å². The van der Waals surface area contributed by atoms with E-state index >= 15 is 0 Å². The topological polar surface area (TPSA) is 35.2 Å². The van der Waals surface area contributed by atoms with Gasteiger partial charge < -0.3 is 10.2 Å². The minimum Gasteiger partial charge on any atom is -0.419 e. The van der Waals surface area contributed by atoms with Crippen molar-refractivity contribution in [3.63, 3.8) is 0 Å². The molecule has 0 fully saturated rings. The van der Waals surface area contributed by atoms with E-state index in [1.165, 1.54) is 5.19 Å². The second-order valence-electron chi connectivity index (χ2n) is 2.55. The van der Waals surface area contributed by atoms with Gasteiger partial charge in [0.25, 0.3) is 0 Å². The lowest BCUT2D eigenvalue weighted by Crippen LogP contribution is -2.28. The molecule has 0 saturated carbocycles. The lowest BCUT2D eigenvalue weighted by molar-refractivity contribution is 0.434. The summed E-state index contributed by atoms with van der Waals surface area (Å²) in [5, 5.41) is 1.26. The summed E-state index contributed by atoms with van der Waals surface area (Å²) in [6, 6.07) is 7.91. The summed E-state index contributed by atoms with van der Waals surface area (Å²) in [5.74, 6) is 0. The molecular weight excluding hydrogens is 154 g/mol. The molecule has 2 N–H and O–H groups in total. The minimum absolute atomic E-state index is 0.818. The highest BCUT2D eigenvalue weighted by atomic mass is 28.3. The maximum absolute atomic E-state index is 5.62. The fourth-order valence-corrected chi connectivity index (χ4v) is 2.03. The molecule has 1 aromatic carbocycles. The number of nitrogen functional groups attached to an aromatic ring is 1. The van der Waals surface area contributed by atoms with Gasteiger partial charge in [0.1, 0.15) is 0 Å². The monoisotopic (exact) mass is 167 g/mol. The Bertz CT molecular complexity index is 239. The van der Waals surface area contributed by atoms with Gasteiger partial charge >= 0.3 is 0 Å². The standard InChI is InChI=1S/C8H13NOSi/c1-10-11(2)8-5-3-4-7(9)6-8/h3-6,11H,9H2,1-2H3. The molecule has 2 nitrogen and oxygen atoms in total. The van der Waals surface area contributed by atoms with Crippen LogP contribution < -0.4 is 10.9 Å². The Morgan fingerprint density at radius 3 is 2.73 bits per heavy atom. The third kappa shape index (κ3) is 2.06. The van der Waals surface area contributed by atoms with Crippen molar-refractivity contribution in [2.24, 2.45) is 0 Å². The second-order valence-corrected chi connectivity index (χ2v) is 4.97. The van der Waals surface area contributed by atoms with E-state index < -0.39 is 9.04 Å². The number of nitrogens with two attached hydrogens (primary N) is 1. The van der Waals surface area contributed by atoms with Crippen molar-refractivity contribution in [3.05, 3.63) is 24.3 Å². The zero-order valence-corrected chi connectivity index (χ0v) is 8.03. The van der Waals surface area contributed by atoms with E-state index in [2.05, 4.69) is 12.6 Å². The molecule has 0 aliphatic rings. The van der Waals surface area contributed by atoms with Crippen LogP contribution in [0.5, 0.6) is 0 Å². The number of anilines is 1. The Labute approximate surface area is 68.7 Å². The van der Waals surface area contributed by atoms with Crippen LogP contribution in [0.3, 0.4) is 0 Å². The van der Waals surface area contributed by atoms with E-state index in [9.17, 15) is 0 Å². The van der Waals surface area contributed by atoms with Crippen molar-refractivity contribution in [1.82, 2.24) is 0 Å². The highest BCUT2D eigenvalue weighted by Crippen LogP contribution is 1.98. The Hall–Kier alpha value is -0.803. The maximum atomic E-state index is 5.62. The Morgan fingerprint density at radius 2 is 2.18 bits per heavy atom. The fraction of sp³-hybridized carbons (Fsp3) is 0.250. The van der Waals surface area contributed by atoms with Crippen LogP contribution in [0.25, 0.3) is 0 Å². The first kappa shape index (κ1) is 8.29. The molecule has 0 radical (unpaired) electrons. The third-order valence-electron chi connectivity index (χ3n) is 1.73. The smallest absolute Gasteiger partial charge is 0.204 e. The van der Waals surface area contributed by atoms with Gasteiger partial charge in [-0.3, -0.25) is 0 Å². The van der Waals surface area contributed by atoms with Gasteiger partial charge in [0, 0.05) is 12.8 Å². The summed E-state index contributed by atoms with van der Waals surface area (Å²) in [4.78, 5) is 0. The number of hydrogen-bond acceptors (Lipinski definition) is 2. The largest absolute Gasteiger partial charge is 0.419 e. The van der Waals surface area contributed by atoms with E-state index in [0.29, 0.717) is 0 Å². The lowest BCUT2D eigenvalue weighted by Gasteiger charge is -2.07. The number of benzene rings is 1. The molecule has 0 aliphatic heterocycles. The predicted octanol–water partition coefficient (Wildman–Crippen LogP) is 0.476. The molecule has 11 heavy (non-hydrogen) atoms.